The molecule has 0 spiro atoms. The first-order chi connectivity index (χ1) is 11.7. The first-order valence-corrected chi connectivity index (χ1v) is 7.68. The average molecular weight is 329 g/mol. The van der Waals surface area contributed by atoms with E-state index in [1.807, 2.05) is 30.3 Å². The van der Waals surface area contributed by atoms with Crippen LogP contribution in [0.2, 0.25) is 0 Å². The summed E-state index contributed by atoms with van der Waals surface area (Å²) >= 11 is 0. The fraction of sp³-hybridized carbons (Fsp3) is 0.278. The van der Waals surface area contributed by atoms with Gasteiger partial charge in [-0.25, -0.2) is 4.79 Å². The monoisotopic (exact) mass is 329 g/mol. The van der Waals surface area contributed by atoms with Crippen LogP contribution in [0.3, 0.4) is 0 Å². The van der Waals surface area contributed by atoms with Gasteiger partial charge in [-0.05, 0) is 23.3 Å². The van der Waals surface area contributed by atoms with Crippen molar-refractivity contribution in [1.29, 1.82) is 0 Å². The molecule has 0 aromatic heterocycles. The van der Waals surface area contributed by atoms with Crippen LogP contribution in [0.25, 0.3) is 0 Å². The van der Waals surface area contributed by atoms with Crippen molar-refractivity contribution in [1.82, 2.24) is 0 Å². The Kier molecular flexibility index (Phi) is 4.98. The maximum absolute atomic E-state index is 11.2. The van der Waals surface area contributed by atoms with Crippen LogP contribution in [0, 0.1) is 0 Å². The van der Waals surface area contributed by atoms with Gasteiger partial charge in [0.1, 0.15) is 6.61 Å². The van der Waals surface area contributed by atoms with Crippen LogP contribution in [0.1, 0.15) is 21.5 Å². The Balaban J connectivity index is 1.62. The smallest absolute Gasteiger partial charge is 0.336 e. The van der Waals surface area contributed by atoms with Gasteiger partial charge in [-0.15, -0.1) is 0 Å². The standard InChI is InChI=1S/C18H19NO5/c19-8-13-6-17-16(7-15(13)18(20)21)23-11-14(24-17)10-22-9-12-4-2-1-3-5-12/h1-7,14H,8-11,19H2,(H,20,21). The summed E-state index contributed by atoms with van der Waals surface area (Å²) in [5.74, 6) is -0.112. The topological polar surface area (TPSA) is 91.0 Å². The molecule has 1 heterocycles. The zero-order valence-electron chi connectivity index (χ0n) is 13.1. The number of fused-ring (bicyclic) bond motifs is 1. The van der Waals surface area contributed by atoms with E-state index in [4.69, 9.17) is 19.9 Å². The van der Waals surface area contributed by atoms with Crippen LogP contribution in [0.5, 0.6) is 11.5 Å². The van der Waals surface area contributed by atoms with E-state index in [2.05, 4.69) is 0 Å². The molecule has 1 aliphatic rings. The summed E-state index contributed by atoms with van der Waals surface area (Å²) in [6, 6.07) is 13.0. The van der Waals surface area contributed by atoms with Crippen LogP contribution in [0.15, 0.2) is 42.5 Å². The summed E-state index contributed by atoms with van der Waals surface area (Å²) in [5.41, 5.74) is 7.35. The van der Waals surface area contributed by atoms with Crippen LogP contribution in [-0.4, -0.2) is 30.4 Å². The minimum absolute atomic E-state index is 0.118. The van der Waals surface area contributed by atoms with Gasteiger partial charge in [-0.1, -0.05) is 30.3 Å². The van der Waals surface area contributed by atoms with Crippen molar-refractivity contribution in [2.45, 2.75) is 19.3 Å². The van der Waals surface area contributed by atoms with E-state index in [-0.39, 0.29) is 18.2 Å². The average Bonchev–Trinajstić information content (AvgIpc) is 2.61. The van der Waals surface area contributed by atoms with E-state index in [1.54, 1.807) is 6.07 Å². The minimum atomic E-state index is -1.03. The Morgan fingerprint density at radius 2 is 2.04 bits per heavy atom. The van der Waals surface area contributed by atoms with Crippen molar-refractivity contribution >= 4 is 5.97 Å². The summed E-state index contributed by atoms with van der Waals surface area (Å²) in [7, 11) is 0. The summed E-state index contributed by atoms with van der Waals surface area (Å²) < 4.78 is 17.1. The van der Waals surface area contributed by atoms with E-state index < -0.39 is 5.97 Å². The predicted octanol–water partition coefficient (Wildman–Crippen LogP) is 2.20. The van der Waals surface area contributed by atoms with E-state index in [1.165, 1.54) is 6.07 Å². The van der Waals surface area contributed by atoms with Crippen molar-refractivity contribution in [3.63, 3.8) is 0 Å². The molecule has 1 aliphatic heterocycles. The zero-order valence-corrected chi connectivity index (χ0v) is 13.1. The molecule has 0 amide bonds. The van der Waals surface area contributed by atoms with Gasteiger partial charge >= 0.3 is 5.97 Å². The molecule has 0 saturated carbocycles. The van der Waals surface area contributed by atoms with Gasteiger partial charge in [-0.3, -0.25) is 0 Å². The molecule has 1 atom stereocenters. The number of rotatable bonds is 6. The number of hydrogen-bond donors (Lipinski definition) is 2. The number of hydrogen-bond acceptors (Lipinski definition) is 5. The molecule has 126 valence electrons. The fourth-order valence-electron chi connectivity index (χ4n) is 2.54. The summed E-state index contributed by atoms with van der Waals surface area (Å²) in [6.07, 6.45) is -0.248. The Bertz CT molecular complexity index is 717. The number of ether oxygens (including phenoxy) is 3. The largest absolute Gasteiger partial charge is 0.486 e. The SMILES string of the molecule is NCc1cc2c(cc1C(=O)O)OCC(COCc1ccccc1)O2. The molecule has 6 heteroatoms. The van der Waals surface area contributed by atoms with Gasteiger partial charge in [0.2, 0.25) is 0 Å². The van der Waals surface area contributed by atoms with E-state index in [0.717, 1.165) is 5.56 Å². The summed E-state index contributed by atoms with van der Waals surface area (Å²) in [6.45, 7) is 1.31. The molecule has 0 bridgehead atoms. The third-order valence-corrected chi connectivity index (χ3v) is 3.75. The molecule has 6 nitrogen and oxygen atoms in total. The number of carboxylic acid groups (broad SMARTS) is 1. The second-order valence-corrected chi connectivity index (χ2v) is 5.52. The zero-order chi connectivity index (χ0) is 16.9. The van der Waals surface area contributed by atoms with Crippen molar-refractivity contribution in [3.05, 3.63) is 59.2 Å². The molecule has 24 heavy (non-hydrogen) atoms. The normalized spacial score (nSPS) is 16.0. The molecule has 3 N–H and O–H groups in total. The molecular weight excluding hydrogens is 310 g/mol. The maximum Gasteiger partial charge on any atom is 0.336 e. The number of nitrogens with two attached hydrogens (primary N) is 1. The van der Waals surface area contributed by atoms with Crippen LogP contribution in [-0.2, 0) is 17.9 Å². The van der Waals surface area contributed by atoms with Crippen molar-refractivity contribution in [3.8, 4) is 11.5 Å². The minimum Gasteiger partial charge on any atom is -0.486 e. The number of benzene rings is 2. The first kappa shape index (κ1) is 16.3. The molecule has 0 radical (unpaired) electrons. The highest BCUT2D eigenvalue weighted by Gasteiger charge is 2.24. The molecule has 3 rings (SSSR count). The Morgan fingerprint density at radius 3 is 2.75 bits per heavy atom. The molecule has 0 saturated heterocycles. The third-order valence-electron chi connectivity index (χ3n) is 3.75. The highest BCUT2D eigenvalue weighted by atomic mass is 16.6. The molecular formula is C18H19NO5. The highest BCUT2D eigenvalue weighted by Crippen LogP contribution is 2.34. The summed E-state index contributed by atoms with van der Waals surface area (Å²) in [4.78, 5) is 11.2. The third kappa shape index (κ3) is 3.67. The van der Waals surface area contributed by atoms with Gasteiger partial charge in [-0.2, -0.15) is 0 Å². The summed E-state index contributed by atoms with van der Waals surface area (Å²) in [5, 5.41) is 9.20. The van der Waals surface area contributed by atoms with E-state index >= 15 is 0 Å². The lowest BCUT2D eigenvalue weighted by Crippen LogP contribution is -2.33. The lowest BCUT2D eigenvalue weighted by molar-refractivity contribution is 0.00259. The van der Waals surface area contributed by atoms with Gasteiger partial charge in [0.15, 0.2) is 17.6 Å². The first-order valence-electron chi connectivity index (χ1n) is 7.68. The second kappa shape index (κ2) is 7.33. The van der Waals surface area contributed by atoms with Crippen LogP contribution < -0.4 is 15.2 Å². The van der Waals surface area contributed by atoms with Crippen molar-refractivity contribution < 1.29 is 24.1 Å². The molecule has 2 aromatic carbocycles. The van der Waals surface area contributed by atoms with Gasteiger partial charge in [0.05, 0.1) is 18.8 Å². The van der Waals surface area contributed by atoms with Crippen molar-refractivity contribution in [2.75, 3.05) is 13.2 Å². The van der Waals surface area contributed by atoms with Gasteiger partial charge < -0.3 is 25.1 Å². The Hall–Kier alpha value is -2.57. The lowest BCUT2D eigenvalue weighted by Gasteiger charge is -2.27. The number of aromatic carboxylic acids is 1. The lowest BCUT2D eigenvalue weighted by atomic mass is 10.1. The Labute approximate surface area is 139 Å². The molecule has 2 aromatic rings. The quantitative estimate of drug-likeness (QED) is 0.844. The molecule has 1 unspecified atom stereocenters. The maximum atomic E-state index is 11.2. The number of carboxylic acids is 1. The van der Waals surface area contributed by atoms with E-state index in [9.17, 15) is 9.90 Å². The molecule has 0 fully saturated rings. The van der Waals surface area contributed by atoms with Gasteiger partial charge in [0.25, 0.3) is 0 Å². The molecule has 0 aliphatic carbocycles. The van der Waals surface area contributed by atoms with Crippen LogP contribution in [0.4, 0.5) is 0 Å². The van der Waals surface area contributed by atoms with Crippen molar-refractivity contribution in [2.24, 2.45) is 5.73 Å². The highest BCUT2D eigenvalue weighted by molar-refractivity contribution is 5.90. The van der Waals surface area contributed by atoms with Crippen LogP contribution >= 0.6 is 0 Å². The fourth-order valence-corrected chi connectivity index (χ4v) is 2.54. The van der Waals surface area contributed by atoms with E-state index in [0.29, 0.717) is 36.9 Å². The second-order valence-electron chi connectivity index (χ2n) is 5.52. The Morgan fingerprint density at radius 1 is 1.25 bits per heavy atom. The number of carbonyl (C=O) groups is 1. The van der Waals surface area contributed by atoms with Gasteiger partial charge in [0, 0.05) is 6.54 Å². The predicted molar refractivity (Wildman–Crippen MR) is 87.3 cm³/mol.